The molecule has 0 aliphatic rings. The molecule has 0 aliphatic heterocycles. The van der Waals surface area contributed by atoms with Gasteiger partial charge in [0.25, 0.3) is 0 Å². The van der Waals surface area contributed by atoms with Crippen LogP contribution in [0.15, 0.2) is 48.5 Å². The van der Waals surface area contributed by atoms with Gasteiger partial charge in [0, 0.05) is 24.2 Å². The van der Waals surface area contributed by atoms with E-state index in [1.165, 1.54) is 11.0 Å². The van der Waals surface area contributed by atoms with Crippen LogP contribution in [0.25, 0.3) is 0 Å². The van der Waals surface area contributed by atoms with Crippen molar-refractivity contribution in [2.45, 2.75) is 13.8 Å². The molecule has 0 saturated heterocycles. The maximum absolute atomic E-state index is 12.8. The van der Waals surface area contributed by atoms with Gasteiger partial charge >= 0.3 is 6.09 Å². The number of hydrogen-bond donors (Lipinski definition) is 0. The van der Waals surface area contributed by atoms with Crippen molar-refractivity contribution in [3.63, 3.8) is 0 Å². The van der Waals surface area contributed by atoms with Gasteiger partial charge in [-0.3, -0.25) is 9.59 Å². The maximum Gasteiger partial charge on any atom is 0.415 e. The van der Waals surface area contributed by atoms with Gasteiger partial charge in [-0.2, -0.15) is 0 Å². The van der Waals surface area contributed by atoms with E-state index in [0.29, 0.717) is 13.1 Å². The lowest BCUT2D eigenvalue weighted by molar-refractivity contribution is 0.103. The summed E-state index contributed by atoms with van der Waals surface area (Å²) < 4.78 is 5.37. The van der Waals surface area contributed by atoms with Crippen LogP contribution in [0.3, 0.4) is 0 Å². The van der Waals surface area contributed by atoms with Gasteiger partial charge in [-0.25, -0.2) is 4.79 Å². The molecule has 2 aromatic carbocycles. The molecule has 123 valence electrons. The average molecular weight is 324 g/mol. The summed E-state index contributed by atoms with van der Waals surface area (Å²) in [5.74, 6) is -0.225. The summed E-state index contributed by atoms with van der Waals surface area (Å²) in [4.78, 5) is 37.4. The Labute approximate surface area is 140 Å². The van der Waals surface area contributed by atoms with Crippen molar-refractivity contribution in [3.8, 4) is 5.75 Å². The van der Waals surface area contributed by atoms with Gasteiger partial charge in [0.1, 0.15) is 5.75 Å². The van der Waals surface area contributed by atoms with Crippen LogP contribution in [0.2, 0.25) is 0 Å². The van der Waals surface area contributed by atoms with E-state index in [9.17, 15) is 14.4 Å². The second kappa shape index (κ2) is 8.06. The highest BCUT2D eigenvalue weighted by atomic mass is 16.6. The Bertz CT molecular complexity index is 751. The Hall–Kier alpha value is -2.95. The van der Waals surface area contributed by atoms with Crippen LogP contribution in [0.5, 0.6) is 5.75 Å². The van der Waals surface area contributed by atoms with E-state index >= 15 is 0 Å². The fraction of sp³-hybridized carbons (Fsp3) is 0.211. The molecule has 1 radical (unpaired) electrons. The topological polar surface area (TPSA) is 63.7 Å². The minimum Gasteiger partial charge on any atom is -0.409 e. The molecule has 5 nitrogen and oxygen atoms in total. The fourth-order valence-electron chi connectivity index (χ4n) is 2.30. The Kier molecular flexibility index (Phi) is 5.84. The van der Waals surface area contributed by atoms with Crippen LogP contribution in [-0.4, -0.2) is 36.2 Å². The van der Waals surface area contributed by atoms with Crippen molar-refractivity contribution >= 4 is 18.2 Å². The third-order valence-electron chi connectivity index (χ3n) is 3.63. The standard InChI is InChI=1S/C19H18NO4/c1-3-20(4-2)19(23)24-17-12-8-7-11-16(17)18(22)15-10-6-5-9-14(15)13-21/h5-12H,3-4H2,1-2H3. The first-order valence-electron chi connectivity index (χ1n) is 7.70. The van der Waals surface area contributed by atoms with Crippen molar-refractivity contribution in [2.75, 3.05) is 13.1 Å². The Balaban J connectivity index is 2.36. The summed E-state index contributed by atoms with van der Waals surface area (Å²) in [6, 6.07) is 12.9. The quantitative estimate of drug-likeness (QED) is 0.765. The molecule has 0 fully saturated rings. The number of ether oxygens (including phenoxy) is 1. The highest BCUT2D eigenvalue weighted by Crippen LogP contribution is 2.23. The molecule has 0 heterocycles. The van der Waals surface area contributed by atoms with Crippen molar-refractivity contribution in [2.24, 2.45) is 0 Å². The second-order valence-electron chi connectivity index (χ2n) is 5.01. The molecule has 0 saturated carbocycles. The van der Waals surface area contributed by atoms with Gasteiger partial charge in [-0.05, 0) is 26.0 Å². The fourth-order valence-corrected chi connectivity index (χ4v) is 2.30. The van der Waals surface area contributed by atoms with E-state index in [2.05, 4.69) is 0 Å². The van der Waals surface area contributed by atoms with E-state index in [0.717, 1.165) is 0 Å². The SMILES string of the molecule is CCN(CC)C(=O)Oc1ccccc1C(=O)c1ccccc1[C]=O. The van der Waals surface area contributed by atoms with Gasteiger partial charge in [0.2, 0.25) is 6.29 Å². The molecular formula is C19H18NO4. The molecule has 0 spiro atoms. The summed E-state index contributed by atoms with van der Waals surface area (Å²) in [5, 5.41) is 0. The first kappa shape index (κ1) is 17.4. The van der Waals surface area contributed by atoms with E-state index in [4.69, 9.17) is 4.74 Å². The Morgan fingerprint density at radius 1 is 0.958 bits per heavy atom. The predicted molar refractivity (Wildman–Crippen MR) is 90.1 cm³/mol. The normalized spacial score (nSPS) is 10.1. The number of para-hydroxylation sites is 1. The number of nitrogens with zero attached hydrogens (tertiary/aromatic N) is 1. The minimum atomic E-state index is -0.518. The number of carbonyl (C=O) groups excluding carboxylic acids is 3. The summed E-state index contributed by atoms with van der Waals surface area (Å²) in [6.45, 7) is 4.71. The molecule has 0 atom stereocenters. The van der Waals surface area contributed by atoms with Gasteiger partial charge in [-0.1, -0.05) is 36.4 Å². The third-order valence-corrected chi connectivity index (χ3v) is 3.63. The zero-order valence-electron chi connectivity index (χ0n) is 13.6. The van der Waals surface area contributed by atoms with Crippen LogP contribution in [0.1, 0.15) is 35.3 Å². The molecule has 0 unspecified atom stereocenters. The number of amides is 1. The van der Waals surface area contributed by atoms with Crippen molar-refractivity contribution in [3.05, 3.63) is 65.2 Å². The first-order valence-corrected chi connectivity index (χ1v) is 7.70. The summed E-state index contributed by atoms with van der Waals surface area (Å²) in [6.07, 6.45) is 1.24. The minimum absolute atomic E-state index is 0.167. The molecule has 5 heteroatoms. The number of rotatable bonds is 6. The molecule has 2 rings (SSSR count). The van der Waals surface area contributed by atoms with Crippen LogP contribution in [0, 0.1) is 0 Å². The zero-order valence-corrected chi connectivity index (χ0v) is 13.6. The van der Waals surface area contributed by atoms with Crippen LogP contribution in [0.4, 0.5) is 4.79 Å². The van der Waals surface area contributed by atoms with Crippen molar-refractivity contribution < 1.29 is 19.1 Å². The lowest BCUT2D eigenvalue weighted by atomic mass is 9.98. The van der Waals surface area contributed by atoms with Gasteiger partial charge in [-0.15, -0.1) is 0 Å². The zero-order chi connectivity index (χ0) is 17.5. The monoisotopic (exact) mass is 324 g/mol. The van der Waals surface area contributed by atoms with Gasteiger partial charge in [0.15, 0.2) is 5.78 Å². The van der Waals surface area contributed by atoms with E-state index < -0.39 is 11.9 Å². The van der Waals surface area contributed by atoms with E-state index in [-0.39, 0.29) is 22.4 Å². The molecule has 0 aliphatic carbocycles. The molecule has 0 aromatic heterocycles. The highest BCUT2D eigenvalue weighted by molar-refractivity contribution is 6.14. The Morgan fingerprint density at radius 3 is 2.17 bits per heavy atom. The van der Waals surface area contributed by atoms with Crippen LogP contribution in [-0.2, 0) is 4.79 Å². The number of benzene rings is 2. The largest absolute Gasteiger partial charge is 0.415 e. The van der Waals surface area contributed by atoms with Crippen LogP contribution < -0.4 is 4.74 Å². The predicted octanol–water partition coefficient (Wildman–Crippen LogP) is 3.22. The third kappa shape index (κ3) is 3.68. The molecule has 0 bridgehead atoms. The molecular weight excluding hydrogens is 306 g/mol. The highest BCUT2D eigenvalue weighted by Gasteiger charge is 2.20. The lowest BCUT2D eigenvalue weighted by Crippen LogP contribution is -2.33. The second-order valence-corrected chi connectivity index (χ2v) is 5.01. The van der Waals surface area contributed by atoms with E-state index in [1.54, 1.807) is 48.8 Å². The number of carbonyl (C=O) groups is 2. The number of ketones is 1. The Morgan fingerprint density at radius 2 is 1.54 bits per heavy atom. The number of hydrogen-bond acceptors (Lipinski definition) is 4. The smallest absolute Gasteiger partial charge is 0.409 e. The lowest BCUT2D eigenvalue weighted by Gasteiger charge is -2.19. The summed E-state index contributed by atoms with van der Waals surface area (Å²) >= 11 is 0. The molecule has 1 amide bonds. The molecule has 0 N–H and O–H groups in total. The van der Waals surface area contributed by atoms with Gasteiger partial charge < -0.3 is 9.64 Å². The molecule has 24 heavy (non-hydrogen) atoms. The summed E-state index contributed by atoms with van der Waals surface area (Å²) in [5.41, 5.74) is 0.618. The van der Waals surface area contributed by atoms with Crippen molar-refractivity contribution in [1.82, 2.24) is 4.90 Å². The van der Waals surface area contributed by atoms with E-state index in [1.807, 2.05) is 13.8 Å². The molecule has 2 aromatic rings. The maximum atomic E-state index is 12.8. The first-order chi connectivity index (χ1) is 11.6. The van der Waals surface area contributed by atoms with Crippen LogP contribution >= 0.6 is 0 Å². The van der Waals surface area contributed by atoms with Gasteiger partial charge in [0.05, 0.1) is 5.56 Å². The summed E-state index contributed by atoms with van der Waals surface area (Å²) in [7, 11) is 0. The van der Waals surface area contributed by atoms with Crippen molar-refractivity contribution in [1.29, 1.82) is 0 Å². The average Bonchev–Trinajstić information content (AvgIpc) is 2.62.